The highest BCUT2D eigenvalue weighted by atomic mass is 16.5. The molecule has 0 fully saturated rings. The van der Waals surface area contributed by atoms with Crippen molar-refractivity contribution in [3.63, 3.8) is 0 Å². The molecule has 0 saturated heterocycles. The molecule has 3 nitrogen and oxygen atoms in total. The van der Waals surface area contributed by atoms with Crippen molar-refractivity contribution in [3.05, 3.63) is 12.7 Å². The Kier molecular flexibility index (Phi) is 1.63. The van der Waals surface area contributed by atoms with E-state index in [0.29, 0.717) is 18.9 Å². The van der Waals surface area contributed by atoms with Gasteiger partial charge in [0.15, 0.2) is 0 Å². The van der Waals surface area contributed by atoms with Crippen LogP contribution in [0.2, 0.25) is 0 Å². The van der Waals surface area contributed by atoms with E-state index in [1.54, 1.807) is 0 Å². The van der Waals surface area contributed by atoms with E-state index >= 15 is 0 Å². The smallest absolute Gasteiger partial charge is 0.252 e. The van der Waals surface area contributed by atoms with Crippen molar-refractivity contribution in [2.75, 3.05) is 6.61 Å². The van der Waals surface area contributed by atoms with Crippen molar-refractivity contribution >= 4 is 11.8 Å². The lowest BCUT2D eigenvalue weighted by Gasteiger charge is -2.07. The van der Waals surface area contributed by atoms with Crippen LogP contribution >= 0.6 is 0 Å². The minimum absolute atomic E-state index is 0.129. The van der Waals surface area contributed by atoms with Crippen molar-refractivity contribution in [2.45, 2.75) is 6.42 Å². The maximum Gasteiger partial charge on any atom is 0.252 e. The van der Waals surface area contributed by atoms with Gasteiger partial charge in [-0.3, -0.25) is 4.79 Å². The third-order valence-corrected chi connectivity index (χ3v) is 0.975. The van der Waals surface area contributed by atoms with Gasteiger partial charge in [-0.2, -0.15) is 4.99 Å². The molecule has 1 aliphatic rings. The minimum atomic E-state index is -0.129. The molecule has 0 spiro atoms. The Labute approximate surface area is 53.0 Å². The van der Waals surface area contributed by atoms with Crippen LogP contribution in [0.25, 0.3) is 0 Å². The third kappa shape index (κ3) is 1.38. The molecule has 48 valence electrons. The second-order valence-corrected chi connectivity index (χ2v) is 1.65. The summed E-state index contributed by atoms with van der Waals surface area (Å²) in [5, 5.41) is 0. The summed E-state index contributed by atoms with van der Waals surface area (Å²) < 4.78 is 4.91. The molecule has 1 amide bonds. The Bertz CT molecular complexity index is 172. The summed E-state index contributed by atoms with van der Waals surface area (Å²) in [5.74, 6) is 0.211. The second-order valence-electron chi connectivity index (χ2n) is 1.65. The van der Waals surface area contributed by atoms with E-state index in [0.717, 1.165) is 0 Å². The molecule has 0 radical (unpaired) electrons. The lowest BCUT2D eigenvalue weighted by atomic mass is 10.4. The number of carbonyl (C=O) groups is 1. The van der Waals surface area contributed by atoms with Gasteiger partial charge in [0, 0.05) is 0 Å². The molecule has 0 aromatic rings. The van der Waals surface area contributed by atoms with Crippen LogP contribution in [0.15, 0.2) is 17.6 Å². The highest BCUT2D eigenvalue weighted by Gasteiger charge is 2.08. The predicted octanol–water partition coefficient (Wildman–Crippen LogP) is 0.518. The molecular formula is C6H7NO2. The van der Waals surface area contributed by atoms with Crippen LogP contribution in [0.3, 0.4) is 0 Å². The molecule has 1 rings (SSSR count). The molecule has 1 aliphatic heterocycles. The SMILES string of the molecule is C=CC1=NC(=O)CCO1. The van der Waals surface area contributed by atoms with Gasteiger partial charge in [-0.15, -0.1) is 0 Å². The van der Waals surface area contributed by atoms with Crippen LogP contribution < -0.4 is 0 Å². The Morgan fingerprint density at radius 2 is 2.56 bits per heavy atom. The predicted molar refractivity (Wildman–Crippen MR) is 33.2 cm³/mol. The number of carbonyl (C=O) groups excluding carboxylic acids is 1. The molecule has 0 aromatic heterocycles. The number of hydrogen-bond donors (Lipinski definition) is 0. The molecule has 0 saturated carbocycles. The average molecular weight is 125 g/mol. The summed E-state index contributed by atoms with van der Waals surface area (Å²) in [6, 6.07) is 0. The summed E-state index contributed by atoms with van der Waals surface area (Å²) in [7, 11) is 0. The quantitative estimate of drug-likeness (QED) is 0.512. The molecule has 0 aliphatic carbocycles. The van der Waals surface area contributed by atoms with Crippen LogP contribution in [0.4, 0.5) is 0 Å². The summed E-state index contributed by atoms with van der Waals surface area (Å²) in [4.78, 5) is 14.1. The van der Waals surface area contributed by atoms with E-state index in [1.165, 1.54) is 6.08 Å². The standard InChI is InChI=1S/C6H7NO2/c1-2-6-7-5(8)3-4-9-6/h2H,1,3-4H2. The van der Waals surface area contributed by atoms with Crippen LogP contribution in [0.5, 0.6) is 0 Å². The molecule has 0 N–H and O–H groups in total. The first kappa shape index (κ1) is 6.01. The Morgan fingerprint density at radius 3 is 3.00 bits per heavy atom. The normalized spacial score (nSPS) is 18.2. The van der Waals surface area contributed by atoms with Crippen molar-refractivity contribution in [3.8, 4) is 0 Å². The zero-order valence-electron chi connectivity index (χ0n) is 4.96. The van der Waals surface area contributed by atoms with E-state index in [1.807, 2.05) is 0 Å². The Hall–Kier alpha value is -1.12. The molecule has 3 heteroatoms. The number of hydrogen-bond acceptors (Lipinski definition) is 2. The summed E-state index contributed by atoms with van der Waals surface area (Å²) in [6.45, 7) is 3.84. The Morgan fingerprint density at radius 1 is 1.78 bits per heavy atom. The molecule has 0 atom stereocenters. The third-order valence-electron chi connectivity index (χ3n) is 0.975. The largest absolute Gasteiger partial charge is 0.477 e. The molecule has 9 heavy (non-hydrogen) atoms. The van der Waals surface area contributed by atoms with E-state index in [-0.39, 0.29) is 5.91 Å². The van der Waals surface area contributed by atoms with Crippen LogP contribution in [0, 0.1) is 0 Å². The molecule has 0 unspecified atom stereocenters. The number of ether oxygens (including phenoxy) is 1. The van der Waals surface area contributed by atoms with Gasteiger partial charge in [-0.1, -0.05) is 6.58 Å². The van der Waals surface area contributed by atoms with Crippen LogP contribution in [-0.2, 0) is 9.53 Å². The zero-order chi connectivity index (χ0) is 6.69. The van der Waals surface area contributed by atoms with Gasteiger partial charge in [0.2, 0.25) is 5.90 Å². The number of aliphatic imine (C=N–C) groups is 1. The van der Waals surface area contributed by atoms with Crippen molar-refractivity contribution in [1.29, 1.82) is 0 Å². The minimum Gasteiger partial charge on any atom is -0.477 e. The van der Waals surface area contributed by atoms with Gasteiger partial charge >= 0.3 is 0 Å². The first-order valence-electron chi connectivity index (χ1n) is 2.69. The zero-order valence-corrected chi connectivity index (χ0v) is 4.96. The van der Waals surface area contributed by atoms with Crippen molar-refractivity contribution in [1.82, 2.24) is 0 Å². The topological polar surface area (TPSA) is 38.7 Å². The summed E-state index contributed by atoms with van der Waals surface area (Å²) in [5.41, 5.74) is 0. The van der Waals surface area contributed by atoms with Gasteiger partial charge in [0.05, 0.1) is 13.0 Å². The average Bonchev–Trinajstić information content (AvgIpc) is 1.88. The van der Waals surface area contributed by atoms with E-state index < -0.39 is 0 Å². The fraction of sp³-hybridized carbons (Fsp3) is 0.333. The lowest BCUT2D eigenvalue weighted by molar-refractivity contribution is -0.119. The molecule has 0 aromatic carbocycles. The molecular weight excluding hydrogens is 118 g/mol. The fourth-order valence-corrected chi connectivity index (χ4v) is 0.559. The van der Waals surface area contributed by atoms with E-state index in [9.17, 15) is 4.79 Å². The fourth-order valence-electron chi connectivity index (χ4n) is 0.559. The Balaban J connectivity index is 2.70. The highest BCUT2D eigenvalue weighted by molar-refractivity contribution is 5.98. The van der Waals surface area contributed by atoms with Gasteiger partial charge < -0.3 is 4.74 Å². The van der Waals surface area contributed by atoms with Crippen molar-refractivity contribution in [2.24, 2.45) is 4.99 Å². The van der Waals surface area contributed by atoms with Crippen LogP contribution in [0.1, 0.15) is 6.42 Å². The molecule has 0 bridgehead atoms. The summed E-state index contributed by atoms with van der Waals surface area (Å²) >= 11 is 0. The number of rotatable bonds is 1. The maximum atomic E-state index is 10.5. The van der Waals surface area contributed by atoms with Crippen molar-refractivity contribution < 1.29 is 9.53 Å². The number of amides is 1. The first-order valence-corrected chi connectivity index (χ1v) is 2.69. The highest BCUT2D eigenvalue weighted by Crippen LogP contribution is 1.98. The number of nitrogens with zero attached hydrogens (tertiary/aromatic N) is 1. The monoisotopic (exact) mass is 125 g/mol. The van der Waals surface area contributed by atoms with E-state index in [2.05, 4.69) is 11.6 Å². The van der Waals surface area contributed by atoms with Crippen LogP contribution in [-0.4, -0.2) is 18.4 Å². The first-order chi connectivity index (χ1) is 4.33. The van der Waals surface area contributed by atoms with Gasteiger partial charge in [0.25, 0.3) is 5.91 Å². The lowest BCUT2D eigenvalue weighted by Crippen LogP contribution is -2.14. The molecule has 1 heterocycles. The van der Waals surface area contributed by atoms with Gasteiger partial charge in [-0.05, 0) is 6.08 Å². The van der Waals surface area contributed by atoms with Gasteiger partial charge in [-0.25, -0.2) is 0 Å². The van der Waals surface area contributed by atoms with Gasteiger partial charge in [0.1, 0.15) is 0 Å². The second kappa shape index (κ2) is 2.44. The van der Waals surface area contributed by atoms with E-state index in [4.69, 9.17) is 4.74 Å². The maximum absolute atomic E-state index is 10.5. The summed E-state index contributed by atoms with van der Waals surface area (Å²) in [6.07, 6.45) is 1.81.